The van der Waals surface area contributed by atoms with E-state index in [0.717, 1.165) is 12.8 Å². The van der Waals surface area contributed by atoms with Crippen molar-refractivity contribution in [3.05, 3.63) is 0 Å². The summed E-state index contributed by atoms with van der Waals surface area (Å²) in [7, 11) is -1.50. The Morgan fingerprint density at radius 1 is 1.00 bits per heavy atom. The summed E-state index contributed by atoms with van der Waals surface area (Å²) in [4.78, 5) is 0. The zero-order valence-corrected chi connectivity index (χ0v) is 15.7. The lowest BCUT2D eigenvalue weighted by Crippen LogP contribution is -2.35. The number of hydrogen-bond donors (Lipinski definition) is 1. The Bertz CT molecular complexity index is 304. The first kappa shape index (κ1) is 19.7. The van der Waals surface area contributed by atoms with Crippen molar-refractivity contribution in [2.75, 3.05) is 0 Å². The summed E-state index contributed by atoms with van der Waals surface area (Å²) in [6, 6.07) is 0. The molecule has 0 bridgehead atoms. The maximum Gasteiger partial charge on any atom is 0.137 e. The van der Waals surface area contributed by atoms with Gasteiger partial charge in [0.25, 0.3) is 0 Å². The van der Waals surface area contributed by atoms with Crippen LogP contribution in [0.25, 0.3) is 0 Å². The van der Waals surface area contributed by atoms with Gasteiger partial charge in [-0.05, 0) is 11.5 Å². The third-order valence-electron chi connectivity index (χ3n) is 4.50. The van der Waals surface area contributed by atoms with Crippen molar-refractivity contribution < 1.29 is 5.11 Å². The standard InChI is InChI=1S/C18H36OSi/c1-7-8-9-10-11-12-14-17(19)15-13-16-20(5,6)18(2,3)4/h17,19H,7-12,14-15H2,1-6H3. The van der Waals surface area contributed by atoms with E-state index in [1.54, 1.807) is 0 Å². The van der Waals surface area contributed by atoms with Crippen LogP contribution in [0.5, 0.6) is 0 Å². The van der Waals surface area contributed by atoms with Crippen LogP contribution in [-0.4, -0.2) is 19.3 Å². The van der Waals surface area contributed by atoms with Gasteiger partial charge in [0.2, 0.25) is 0 Å². The van der Waals surface area contributed by atoms with Crippen molar-refractivity contribution in [2.45, 2.75) is 103 Å². The molecule has 0 fully saturated rings. The summed E-state index contributed by atoms with van der Waals surface area (Å²) in [5.74, 6) is 3.25. The Morgan fingerprint density at radius 3 is 2.10 bits per heavy atom. The zero-order valence-electron chi connectivity index (χ0n) is 14.7. The maximum atomic E-state index is 9.96. The average Bonchev–Trinajstić information content (AvgIpc) is 2.32. The van der Waals surface area contributed by atoms with Crippen LogP contribution in [0.2, 0.25) is 18.1 Å². The summed E-state index contributed by atoms with van der Waals surface area (Å²) in [5.41, 5.74) is 3.48. The van der Waals surface area contributed by atoms with Gasteiger partial charge in [-0.2, -0.15) is 0 Å². The molecule has 0 saturated carbocycles. The molecule has 0 aromatic heterocycles. The molecular weight excluding hydrogens is 260 g/mol. The molecule has 20 heavy (non-hydrogen) atoms. The lowest BCUT2D eigenvalue weighted by Gasteiger charge is -2.31. The van der Waals surface area contributed by atoms with Crippen LogP contribution in [0.3, 0.4) is 0 Å². The third-order valence-corrected chi connectivity index (χ3v) is 9.06. The molecule has 1 nitrogen and oxygen atoms in total. The van der Waals surface area contributed by atoms with Gasteiger partial charge in [0, 0.05) is 6.42 Å². The number of rotatable bonds is 8. The summed E-state index contributed by atoms with van der Waals surface area (Å²) in [5, 5.41) is 10.3. The molecule has 1 unspecified atom stereocenters. The predicted molar refractivity (Wildman–Crippen MR) is 93.6 cm³/mol. The molecule has 0 heterocycles. The SMILES string of the molecule is CCCCCCCCC(O)CC#C[Si](C)(C)C(C)(C)C. The van der Waals surface area contributed by atoms with E-state index in [-0.39, 0.29) is 6.10 Å². The average molecular weight is 297 g/mol. The summed E-state index contributed by atoms with van der Waals surface area (Å²) >= 11 is 0. The molecule has 0 aromatic rings. The minimum absolute atomic E-state index is 0.224. The van der Waals surface area contributed by atoms with Crippen molar-refractivity contribution in [2.24, 2.45) is 0 Å². The molecule has 0 radical (unpaired) electrons. The van der Waals surface area contributed by atoms with E-state index in [2.05, 4.69) is 52.3 Å². The molecule has 2 heteroatoms. The molecule has 0 aliphatic heterocycles. The van der Waals surface area contributed by atoms with E-state index >= 15 is 0 Å². The van der Waals surface area contributed by atoms with Gasteiger partial charge in [0.05, 0.1) is 6.10 Å². The summed E-state index contributed by atoms with van der Waals surface area (Å²) in [6.07, 6.45) is 9.05. The van der Waals surface area contributed by atoms with Gasteiger partial charge >= 0.3 is 0 Å². The van der Waals surface area contributed by atoms with E-state index in [1.165, 1.54) is 32.1 Å². The molecule has 118 valence electrons. The quantitative estimate of drug-likeness (QED) is 0.354. The fourth-order valence-corrected chi connectivity index (χ4v) is 2.76. The smallest absolute Gasteiger partial charge is 0.137 e. The fraction of sp³-hybridized carbons (Fsp3) is 0.889. The second-order valence-corrected chi connectivity index (χ2v) is 12.6. The Kier molecular flexibility index (Phi) is 9.51. The molecule has 0 saturated heterocycles. The second-order valence-electron chi connectivity index (χ2n) is 7.59. The van der Waals surface area contributed by atoms with Crippen LogP contribution < -0.4 is 0 Å². The third kappa shape index (κ3) is 8.82. The Hall–Kier alpha value is -0.263. The molecule has 0 aliphatic carbocycles. The number of unbranched alkanes of at least 4 members (excludes halogenated alkanes) is 5. The van der Waals surface area contributed by atoms with Crippen molar-refractivity contribution in [1.82, 2.24) is 0 Å². The summed E-state index contributed by atoms with van der Waals surface area (Å²) < 4.78 is 0. The minimum Gasteiger partial charge on any atom is -0.392 e. The van der Waals surface area contributed by atoms with E-state index in [0.29, 0.717) is 11.5 Å². The highest BCUT2D eigenvalue weighted by molar-refractivity contribution is 6.87. The van der Waals surface area contributed by atoms with Gasteiger partial charge in [-0.3, -0.25) is 0 Å². The highest BCUT2D eigenvalue weighted by Gasteiger charge is 2.33. The fourth-order valence-electron chi connectivity index (χ4n) is 1.84. The number of aliphatic hydroxyl groups excluding tert-OH is 1. The van der Waals surface area contributed by atoms with Gasteiger partial charge in [-0.25, -0.2) is 0 Å². The van der Waals surface area contributed by atoms with Crippen LogP contribution in [0.1, 0.15) is 79.1 Å². The Balaban J connectivity index is 3.87. The van der Waals surface area contributed by atoms with Gasteiger partial charge in [-0.15, -0.1) is 11.5 Å². The summed E-state index contributed by atoms with van der Waals surface area (Å²) in [6.45, 7) is 13.7. The van der Waals surface area contributed by atoms with Crippen LogP contribution >= 0.6 is 0 Å². The molecule has 0 rings (SSSR count). The lowest BCUT2D eigenvalue weighted by atomic mass is 10.1. The van der Waals surface area contributed by atoms with Crippen molar-refractivity contribution in [3.8, 4) is 11.5 Å². The van der Waals surface area contributed by atoms with Crippen LogP contribution in [0, 0.1) is 11.5 Å². The van der Waals surface area contributed by atoms with Gasteiger partial charge in [0.1, 0.15) is 8.07 Å². The second kappa shape index (κ2) is 9.63. The molecule has 0 amide bonds. The van der Waals surface area contributed by atoms with Gasteiger partial charge < -0.3 is 5.11 Å². The minimum atomic E-state index is -1.50. The first-order chi connectivity index (χ1) is 9.20. The van der Waals surface area contributed by atoms with E-state index in [1.807, 2.05) is 0 Å². The van der Waals surface area contributed by atoms with E-state index in [4.69, 9.17) is 0 Å². The molecule has 0 aliphatic rings. The normalized spacial score (nSPS) is 13.8. The molecular formula is C18H36OSi. The Morgan fingerprint density at radius 2 is 1.55 bits per heavy atom. The van der Waals surface area contributed by atoms with Crippen molar-refractivity contribution in [3.63, 3.8) is 0 Å². The maximum absolute atomic E-state index is 9.96. The Labute approximate surface area is 128 Å². The first-order valence-corrected chi connectivity index (χ1v) is 11.4. The topological polar surface area (TPSA) is 20.2 Å². The monoisotopic (exact) mass is 296 g/mol. The molecule has 0 spiro atoms. The predicted octanol–water partition coefficient (Wildman–Crippen LogP) is 5.54. The first-order valence-electron chi connectivity index (χ1n) is 8.39. The number of hydrogen-bond acceptors (Lipinski definition) is 1. The molecule has 1 N–H and O–H groups in total. The van der Waals surface area contributed by atoms with Gasteiger partial charge in [0.15, 0.2) is 0 Å². The number of aliphatic hydroxyl groups is 1. The molecule has 1 atom stereocenters. The lowest BCUT2D eigenvalue weighted by molar-refractivity contribution is 0.166. The highest BCUT2D eigenvalue weighted by atomic mass is 28.3. The zero-order chi connectivity index (χ0) is 15.6. The van der Waals surface area contributed by atoms with Crippen LogP contribution in [0.4, 0.5) is 0 Å². The van der Waals surface area contributed by atoms with E-state index < -0.39 is 8.07 Å². The molecule has 0 aromatic carbocycles. The van der Waals surface area contributed by atoms with Crippen LogP contribution in [-0.2, 0) is 0 Å². The van der Waals surface area contributed by atoms with Gasteiger partial charge in [-0.1, -0.05) is 79.3 Å². The van der Waals surface area contributed by atoms with E-state index in [9.17, 15) is 5.11 Å². The largest absolute Gasteiger partial charge is 0.392 e. The van der Waals surface area contributed by atoms with Crippen molar-refractivity contribution in [1.29, 1.82) is 0 Å². The highest BCUT2D eigenvalue weighted by Crippen LogP contribution is 2.35. The van der Waals surface area contributed by atoms with Crippen molar-refractivity contribution >= 4 is 8.07 Å². The van der Waals surface area contributed by atoms with Crippen LogP contribution in [0.15, 0.2) is 0 Å².